The molecule has 1 aromatic heterocycles. The van der Waals surface area contributed by atoms with E-state index in [0.29, 0.717) is 5.56 Å². The molecule has 2 amide bonds. The maximum absolute atomic E-state index is 12.3. The molecule has 0 saturated carbocycles. The predicted octanol–water partition coefficient (Wildman–Crippen LogP) is 0.835. The Morgan fingerprint density at radius 1 is 0.944 bits per heavy atom. The van der Waals surface area contributed by atoms with Crippen LogP contribution in [0.1, 0.15) is 15.9 Å². The molecule has 1 aliphatic heterocycles. The smallest absolute Gasteiger partial charge is 0.268 e. The fourth-order valence-electron chi connectivity index (χ4n) is 2.10. The lowest BCUT2D eigenvalue weighted by Gasteiger charge is -2.20. The summed E-state index contributed by atoms with van der Waals surface area (Å²) in [5.74, 6) is -0.493. The van der Waals surface area contributed by atoms with E-state index in [-0.39, 0.29) is 18.2 Å². The first-order valence-electron chi connectivity index (χ1n) is 5.69. The van der Waals surface area contributed by atoms with Crippen molar-refractivity contribution in [3.05, 3.63) is 66.0 Å². The molecule has 3 rings (SSSR count). The molecule has 0 radical (unpaired) electrons. The second-order valence-corrected chi connectivity index (χ2v) is 4.10. The summed E-state index contributed by atoms with van der Waals surface area (Å²) in [6, 6.07) is 12.6. The van der Waals surface area contributed by atoms with Gasteiger partial charge in [0.2, 0.25) is 12.4 Å². The van der Waals surface area contributed by atoms with Crippen molar-refractivity contribution in [3.8, 4) is 0 Å². The molecule has 88 valence electrons. The van der Waals surface area contributed by atoms with E-state index in [2.05, 4.69) is 0 Å². The minimum atomic E-state index is -0.280. The second-order valence-electron chi connectivity index (χ2n) is 4.10. The van der Waals surface area contributed by atoms with Crippen molar-refractivity contribution in [2.24, 2.45) is 0 Å². The molecule has 0 spiro atoms. The van der Waals surface area contributed by atoms with Crippen LogP contribution in [0.5, 0.6) is 0 Å². The first kappa shape index (κ1) is 10.7. The Kier molecular flexibility index (Phi) is 2.41. The van der Waals surface area contributed by atoms with Gasteiger partial charge in [-0.25, -0.2) is 0 Å². The number of nitrogens with zero attached hydrogens (tertiary/aromatic N) is 2. The van der Waals surface area contributed by atoms with Crippen molar-refractivity contribution < 1.29 is 14.3 Å². The summed E-state index contributed by atoms with van der Waals surface area (Å²) in [6.45, 7) is 0. The molecular formula is C14H11N2O2+. The van der Waals surface area contributed by atoms with Gasteiger partial charge in [-0.2, -0.15) is 0 Å². The topological polar surface area (TPSA) is 41.3 Å². The molecule has 0 N–H and O–H groups in total. The number of fused-ring (bicyclic) bond motifs is 1. The van der Waals surface area contributed by atoms with Crippen molar-refractivity contribution in [2.75, 3.05) is 5.01 Å². The Bertz CT molecular complexity index is 623. The Hall–Kier alpha value is -2.49. The first-order chi connectivity index (χ1) is 8.77. The molecule has 0 unspecified atom stereocenters. The molecule has 1 aliphatic rings. The number of amides is 2. The van der Waals surface area contributed by atoms with Crippen LogP contribution in [0.15, 0.2) is 54.9 Å². The quantitative estimate of drug-likeness (QED) is 0.546. The first-order valence-corrected chi connectivity index (χ1v) is 5.69. The molecule has 18 heavy (non-hydrogen) atoms. The highest BCUT2D eigenvalue weighted by atomic mass is 16.2. The van der Waals surface area contributed by atoms with Crippen molar-refractivity contribution in [1.29, 1.82) is 0 Å². The van der Waals surface area contributed by atoms with Crippen molar-refractivity contribution in [3.63, 3.8) is 0 Å². The van der Waals surface area contributed by atoms with E-state index in [1.165, 1.54) is 9.69 Å². The minimum absolute atomic E-state index is 0.213. The third-order valence-corrected chi connectivity index (χ3v) is 2.95. The zero-order valence-corrected chi connectivity index (χ0v) is 9.61. The fraction of sp³-hybridized carbons (Fsp3) is 0.0714. The maximum atomic E-state index is 12.3. The summed E-state index contributed by atoms with van der Waals surface area (Å²) in [7, 11) is 0. The van der Waals surface area contributed by atoms with Crippen LogP contribution in [0.2, 0.25) is 0 Å². The number of hydrogen-bond donors (Lipinski definition) is 0. The van der Waals surface area contributed by atoms with Gasteiger partial charge < -0.3 is 0 Å². The Labute approximate surface area is 104 Å². The maximum Gasteiger partial charge on any atom is 0.318 e. The minimum Gasteiger partial charge on any atom is -0.268 e. The van der Waals surface area contributed by atoms with Crippen LogP contribution in [0.3, 0.4) is 0 Å². The molecule has 0 fully saturated rings. The number of rotatable bonds is 1. The van der Waals surface area contributed by atoms with Crippen LogP contribution in [-0.2, 0) is 11.2 Å². The average molecular weight is 239 g/mol. The number of carbonyl (C=O) groups excluding carboxylic acids is 2. The van der Waals surface area contributed by atoms with Gasteiger partial charge in [0.15, 0.2) is 0 Å². The second kappa shape index (κ2) is 4.07. The van der Waals surface area contributed by atoms with Gasteiger partial charge in [0, 0.05) is 17.7 Å². The van der Waals surface area contributed by atoms with Crippen molar-refractivity contribution in [2.45, 2.75) is 6.42 Å². The van der Waals surface area contributed by atoms with Crippen LogP contribution < -0.4 is 9.69 Å². The highest BCUT2D eigenvalue weighted by molar-refractivity contribution is 6.18. The zero-order chi connectivity index (χ0) is 12.5. The van der Waals surface area contributed by atoms with Gasteiger partial charge in [-0.15, -0.1) is 0 Å². The molecule has 0 aliphatic carbocycles. The van der Waals surface area contributed by atoms with E-state index in [9.17, 15) is 9.59 Å². The van der Waals surface area contributed by atoms with Gasteiger partial charge in [0.05, 0.1) is 6.42 Å². The number of hydrogen-bond acceptors (Lipinski definition) is 2. The molecule has 0 bridgehead atoms. The van der Waals surface area contributed by atoms with Gasteiger partial charge in [0.25, 0.3) is 5.91 Å². The number of pyridine rings is 1. The molecule has 0 atom stereocenters. The van der Waals surface area contributed by atoms with E-state index in [4.69, 9.17) is 0 Å². The third-order valence-electron chi connectivity index (χ3n) is 2.95. The monoisotopic (exact) mass is 239 g/mol. The molecular weight excluding hydrogens is 228 g/mol. The van der Waals surface area contributed by atoms with E-state index < -0.39 is 0 Å². The molecule has 2 aromatic rings. The number of carbonyl (C=O) groups is 2. The Morgan fingerprint density at radius 2 is 1.67 bits per heavy atom. The fourth-order valence-corrected chi connectivity index (χ4v) is 2.10. The van der Waals surface area contributed by atoms with Gasteiger partial charge in [-0.05, 0) is 16.6 Å². The largest absolute Gasteiger partial charge is 0.318 e. The highest BCUT2D eigenvalue weighted by Crippen LogP contribution is 2.16. The molecule has 1 aromatic carbocycles. The van der Waals surface area contributed by atoms with Crippen molar-refractivity contribution >= 4 is 11.8 Å². The summed E-state index contributed by atoms with van der Waals surface area (Å²) in [5.41, 5.74) is 1.38. The van der Waals surface area contributed by atoms with E-state index in [1.807, 2.05) is 18.2 Å². The predicted molar refractivity (Wildman–Crippen MR) is 64.3 cm³/mol. The SMILES string of the molecule is O=C1Cc2ccccc2C(=O)N1[n+]1ccccc1. The summed E-state index contributed by atoms with van der Waals surface area (Å²) in [6.07, 6.45) is 3.62. The lowest BCUT2D eigenvalue weighted by atomic mass is 10.00. The summed E-state index contributed by atoms with van der Waals surface area (Å²) in [5, 5.41) is 1.17. The highest BCUT2D eigenvalue weighted by Gasteiger charge is 2.37. The summed E-state index contributed by atoms with van der Waals surface area (Å²) < 4.78 is 1.51. The van der Waals surface area contributed by atoms with Gasteiger partial charge in [-0.3, -0.25) is 9.59 Å². The summed E-state index contributed by atoms with van der Waals surface area (Å²) >= 11 is 0. The Morgan fingerprint density at radius 3 is 2.44 bits per heavy atom. The van der Waals surface area contributed by atoms with Crippen molar-refractivity contribution in [1.82, 2.24) is 0 Å². The van der Waals surface area contributed by atoms with E-state index in [1.54, 1.807) is 36.7 Å². The Balaban J connectivity index is 2.09. The average Bonchev–Trinajstić information content (AvgIpc) is 2.40. The van der Waals surface area contributed by atoms with Crippen LogP contribution >= 0.6 is 0 Å². The van der Waals surface area contributed by atoms with Crippen LogP contribution in [0.4, 0.5) is 0 Å². The van der Waals surface area contributed by atoms with E-state index >= 15 is 0 Å². The van der Waals surface area contributed by atoms with Crippen LogP contribution in [0.25, 0.3) is 0 Å². The normalized spacial score (nSPS) is 14.6. The number of benzene rings is 1. The van der Waals surface area contributed by atoms with Gasteiger partial charge >= 0.3 is 5.91 Å². The molecule has 4 heteroatoms. The lowest BCUT2D eigenvalue weighted by molar-refractivity contribution is -0.673. The van der Waals surface area contributed by atoms with E-state index in [0.717, 1.165) is 5.56 Å². The zero-order valence-electron chi connectivity index (χ0n) is 9.61. The standard InChI is InChI=1S/C14H11N2O2/c17-13-10-11-6-2-3-7-12(11)14(18)16(13)15-8-4-1-5-9-15/h1-9H,10H2/q+1. The molecule has 4 nitrogen and oxygen atoms in total. The number of aromatic nitrogens is 1. The molecule has 2 heterocycles. The third kappa shape index (κ3) is 1.59. The van der Waals surface area contributed by atoms with Gasteiger partial charge in [0.1, 0.15) is 0 Å². The number of imide groups is 1. The van der Waals surface area contributed by atoms with Crippen LogP contribution in [0, 0.1) is 0 Å². The molecule has 0 saturated heterocycles. The van der Waals surface area contributed by atoms with Crippen LogP contribution in [-0.4, -0.2) is 11.8 Å². The summed E-state index contributed by atoms with van der Waals surface area (Å²) in [4.78, 5) is 24.4. The lowest BCUT2D eigenvalue weighted by Crippen LogP contribution is -2.65. The van der Waals surface area contributed by atoms with Gasteiger partial charge in [-0.1, -0.05) is 28.9 Å².